The van der Waals surface area contributed by atoms with Gasteiger partial charge in [0.1, 0.15) is 5.82 Å². The van der Waals surface area contributed by atoms with E-state index in [4.69, 9.17) is 0 Å². The Morgan fingerprint density at radius 1 is 0.970 bits per heavy atom. The summed E-state index contributed by atoms with van der Waals surface area (Å²) in [5.41, 5.74) is 3.61. The molecule has 2 aliphatic rings. The maximum atomic E-state index is 13.6. The molecule has 33 heavy (non-hydrogen) atoms. The molecule has 3 atom stereocenters. The molecule has 2 fully saturated rings. The van der Waals surface area contributed by atoms with Gasteiger partial charge in [-0.15, -0.1) is 0 Å². The lowest BCUT2D eigenvalue weighted by Crippen LogP contribution is -2.73. The second kappa shape index (κ2) is 8.79. The Hall–Kier alpha value is -3.51. The maximum absolute atomic E-state index is 13.6. The molecular weight excluding hydrogens is 419 g/mol. The Labute approximate surface area is 192 Å². The van der Waals surface area contributed by atoms with E-state index in [0.29, 0.717) is 6.54 Å². The molecule has 2 aliphatic heterocycles. The van der Waals surface area contributed by atoms with Crippen LogP contribution >= 0.6 is 0 Å². The zero-order valence-electron chi connectivity index (χ0n) is 18.1. The van der Waals surface area contributed by atoms with E-state index in [9.17, 15) is 19.1 Å². The van der Waals surface area contributed by atoms with Crippen LogP contribution in [-0.4, -0.2) is 58.5 Å². The van der Waals surface area contributed by atoms with Gasteiger partial charge in [0.15, 0.2) is 0 Å². The van der Waals surface area contributed by atoms with E-state index >= 15 is 0 Å². The van der Waals surface area contributed by atoms with Gasteiger partial charge in [0, 0.05) is 12.5 Å². The monoisotopic (exact) mass is 444 g/mol. The molecule has 1 N–H and O–H groups in total. The lowest BCUT2D eigenvalue weighted by atomic mass is 9.73. The molecule has 2 saturated heterocycles. The van der Waals surface area contributed by atoms with Crippen molar-refractivity contribution in [3.8, 4) is 11.1 Å². The molecule has 168 valence electrons. The van der Waals surface area contributed by atoms with Crippen molar-refractivity contribution in [3.63, 3.8) is 0 Å². The third-order valence-corrected chi connectivity index (χ3v) is 6.76. The Balaban J connectivity index is 1.35. The van der Waals surface area contributed by atoms with E-state index < -0.39 is 0 Å². The minimum atomic E-state index is -0.297. The molecule has 6 heteroatoms. The number of carbonyl (C=O) groups excluding carboxylic acids is 2. The third-order valence-electron chi connectivity index (χ3n) is 6.76. The first-order valence-corrected chi connectivity index (χ1v) is 11.1. The quantitative estimate of drug-likeness (QED) is 0.657. The molecule has 0 spiro atoms. The zero-order chi connectivity index (χ0) is 22.9. The van der Waals surface area contributed by atoms with E-state index in [2.05, 4.69) is 0 Å². The fourth-order valence-corrected chi connectivity index (χ4v) is 5.14. The molecular formula is C27H25FN2O3. The summed E-state index contributed by atoms with van der Waals surface area (Å²) in [4.78, 5) is 29.1. The van der Waals surface area contributed by atoms with Crippen LogP contribution in [0.15, 0.2) is 78.9 Å². The molecule has 0 aliphatic carbocycles. The summed E-state index contributed by atoms with van der Waals surface area (Å²) in [5, 5.41) is 9.99. The summed E-state index contributed by atoms with van der Waals surface area (Å²) in [6.07, 6.45) is 0.261. The van der Waals surface area contributed by atoms with E-state index in [-0.39, 0.29) is 55.2 Å². The Morgan fingerprint density at radius 2 is 1.73 bits per heavy atom. The molecule has 3 aromatic carbocycles. The van der Waals surface area contributed by atoms with Crippen LogP contribution in [0.5, 0.6) is 0 Å². The van der Waals surface area contributed by atoms with Gasteiger partial charge in [-0.3, -0.25) is 9.59 Å². The van der Waals surface area contributed by atoms with Crippen molar-refractivity contribution in [2.75, 3.05) is 19.7 Å². The number of hydrogen-bond acceptors (Lipinski definition) is 3. The smallest absolute Gasteiger partial charge is 0.242 e. The van der Waals surface area contributed by atoms with Crippen LogP contribution in [0.4, 0.5) is 4.39 Å². The van der Waals surface area contributed by atoms with Crippen molar-refractivity contribution >= 4 is 11.8 Å². The summed E-state index contributed by atoms with van der Waals surface area (Å²) < 4.78 is 13.6. The molecule has 0 aromatic heterocycles. The Morgan fingerprint density at radius 3 is 2.42 bits per heavy atom. The standard InChI is InChI=1S/C27H25FN2O3/c28-22-8-4-7-21(14-22)19-9-11-20(12-10-19)27-23-15-29(16-26(33)30(23)24(27)17-31)25(32)13-18-5-2-1-3-6-18/h1-12,14,23-24,27,31H,13,15-17H2/t23-,24+,27+/m1/s1. The number of benzene rings is 3. The second-order valence-electron chi connectivity index (χ2n) is 8.71. The highest BCUT2D eigenvalue weighted by Crippen LogP contribution is 2.43. The number of aliphatic hydroxyl groups excluding tert-OH is 1. The molecule has 0 radical (unpaired) electrons. The van der Waals surface area contributed by atoms with Crippen LogP contribution in [0.1, 0.15) is 17.0 Å². The largest absolute Gasteiger partial charge is 0.394 e. The minimum absolute atomic E-state index is 0.0455. The number of nitrogens with zero attached hydrogens (tertiary/aromatic N) is 2. The second-order valence-corrected chi connectivity index (χ2v) is 8.71. The topological polar surface area (TPSA) is 60.9 Å². The maximum Gasteiger partial charge on any atom is 0.242 e. The van der Waals surface area contributed by atoms with Crippen molar-refractivity contribution in [1.82, 2.24) is 9.80 Å². The zero-order valence-corrected chi connectivity index (χ0v) is 18.1. The number of hydrogen-bond donors (Lipinski definition) is 1. The number of amides is 2. The minimum Gasteiger partial charge on any atom is -0.394 e. The first-order valence-electron chi connectivity index (χ1n) is 11.1. The average Bonchev–Trinajstić information content (AvgIpc) is 2.81. The molecule has 0 unspecified atom stereocenters. The van der Waals surface area contributed by atoms with Gasteiger partial charge in [-0.05, 0) is 34.4 Å². The molecule has 0 saturated carbocycles. The Kier molecular flexibility index (Phi) is 5.68. The van der Waals surface area contributed by atoms with Gasteiger partial charge in [0.05, 0.1) is 31.7 Å². The first kappa shape index (κ1) is 21.3. The highest BCUT2D eigenvalue weighted by molar-refractivity contribution is 5.88. The van der Waals surface area contributed by atoms with Crippen LogP contribution in [-0.2, 0) is 16.0 Å². The van der Waals surface area contributed by atoms with Crippen LogP contribution < -0.4 is 0 Å². The normalized spacial score (nSPS) is 22.0. The van der Waals surface area contributed by atoms with Gasteiger partial charge >= 0.3 is 0 Å². The highest BCUT2D eigenvalue weighted by Gasteiger charge is 2.54. The summed E-state index contributed by atoms with van der Waals surface area (Å²) in [7, 11) is 0. The number of rotatable bonds is 5. The Bertz CT molecular complexity index is 1170. The van der Waals surface area contributed by atoms with Gasteiger partial charge < -0.3 is 14.9 Å². The molecule has 3 aromatic rings. The predicted molar refractivity (Wildman–Crippen MR) is 123 cm³/mol. The molecule has 2 amide bonds. The van der Waals surface area contributed by atoms with Crippen LogP contribution in [0, 0.1) is 5.82 Å². The van der Waals surface area contributed by atoms with Gasteiger partial charge in [-0.25, -0.2) is 4.39 Å². The van der Waals surface area contributed by atoms with E-state index in [1.54, 1.807) is 15.9 Å². The van der Waals surface area contributed by atoms with E-state index in [0.717, 1.165) is 22.3 Å². The summed E-state index contributed by atoms with van der Waals surface area (Å²) in [6.45, 7) is 0.366. The van der Waals surface area contributed by atoms with E-state index in [1.807, 2.05) is 60.7 Å². The van der Waals surface area contributed by atoms with Crippen molar-refractivity contribution < 1.29 is 19.1 Å². The van der Waals surface area contributed by atoms with Crippen molar-refractivity contribution in [2.45, 2.75) is 24.4 Å². The lowest BCUT2D eigenvalue weighted by molar-refractivity contribution is -0.166. The SMILES string of the molecule is O=C(Cc1ccccc1)N1CC(=O)N2[C@H](C1)[C@H](c1ccc(-c3cccc(F)c3)cc1)[C@@H]2CO. The fourth-order valence-electron chi connectivity index (χ4n) is 5.14. The summed E-state index contributed by atoms with van der Waals surface area (Å²) >= 11 is 0. The van der Waals surface area contributed by atoms with Crippen molar-refractivity contribution in [1.29, 1.82) is 0 Å². The number of fused-ring (bicyclic) bond motifs is 1. The first-order chi connectivity index (χ1) is 16.0. The highest BCUT2D eigenvalue weighted by atomic mass is 19.1. The van der Waals surface area contributed by atoms with Crippen LogP contribution in [0.2, 0.25) is 0 Å². The predicted octanol–water partition coefficient (Wildman–Crippen LogP) is 3.23. The van der Waals surface area contributed by atoms with Crippen LogP contribution in [0.25, 0.3) is 11.1 Å². The number of aliphatic hydroxyl groups is 1. The lowest BCUT2D eigenvalue weighted by Gasteiger charge is -2.58. The third kappa shape index (κ3) is 4.02. The summed E-state index contributed by atoms with van der Waals surface area (Å²) in [6, 6.07) is 23.3. The number of piperazine rings is 1. The van der Waals surface area contributed by atoms with Gasteiger partial charge in [-0.2, -0.15) is 0 Å². The van der Waals surface area contributed by atoms with Crippen molar-refractivity contribution in [2.24, 2.45) is 0 Å². The van der Waals surface area contributed by atoms with Gasteiger partial charge in [0.2, 0.25) is 11.8 Å². The van der Waals surface area contributed by atoms with E-state index in [1.165, 1.54) is 12.1 Å². The van der Waals surface area contributed by atoms with Crippen LogP contribution in [0.3, 0.4) is 0 Å². The molecule has 5 nitrogen and oxygen atoms in total. The number of halogens is 1. The average molecular weight is 445 g/mol. The van der Waals surface area contributed by atoms with Gasteiger partial charge in [0.25, 0.3) is 0 Å². The number of carbonyl (C=O) groups is 2. The molecule has 5 rings (SSSR count). The molecule has 0 bridgehead atoms. The molecule has 2 heterocycles. The fraction of sp³-hybridized carbons (Fsp3) is 0.259. The van der Waals surface area contributed by atoms with Crippen molar-refractivity contribution in [3.05, 3.63) is 95.8 Å². The van der Waals surface area contributed by atoms with Gasteiger partial charge in [-0.1, -0.05) is 66.7 Å². The summed E-state index contributed by atoms with van der Waals surface area (Å²) in [5.74, 6) is -0.540.